The highest BCUT2D eigenvalue weighted by Gasteiger charge is 2.20. The van der Waals surface area contributed by atoms with Gasteiger partial charge in [-0.3, -0.25) is 9.36 Å². The van der Waals surface area contributed by atoms with Crippen LogP contribution in [0.5, 0.6) is 5.75 Å². The summed E-state index contributed by atoms with van der Waals surface area (Å²) in [5.41, 5.74) is 1.86. The fraction of sp³-hybridized carbons (Fsp3) is 0.227. The van der Waals surface area contributed by atoms with Gasteiger partial charge >= 0.3 is 0 Å². The number of hydrogen-bond donors (Lipinski definition) is 1. The number of carbonyl (C=O) groups excluding carboxylic acids is 1. The zero-order valence-electron chi connectivity index (χ0n) is 16.8. The quantitative estimate of drug-likeness (QED) is 0.360. The van der Waals surface area contributed by atoms with Crippen LogP contribution in [0.3, 0.4) is 0 Å². The Bertz CT molecular complexity index is 1040. The van der Waals surface area contributed by atoms with E-state index in [1.54, 1.807) is 18.2 Å². The molecule has 0 saturated heterocycles. The van der Waals surface area contributed by atoms with Gasteiger partial charge in [0, 0.05) is 17.3 Å². The number of benzene rings is 2. The summed E-state index contributed by atoms with van der Waals surface area (Å²) in [5, 5.41) is 12.7. The molecule has 1 heterocycles. The molecule has 0 aliphatic carbocycles. The summed E-state index contributed by atoms with van der Waals surface area (Å²) < 4.78 is 7.86. The zero-order chi connectivity index (χ0) is 21.5. The van der Waals surface area contributed by atoms with Crippen molar-refractivity contribution in [1.82, 2.24) is 14.8 Å². The van der Waals surface area contributed by atoms with Crippen molar-refractivity contribution < 1.29 is 9.53 Å². The molecule has 0 aliphatic rings. The number of rotatable bonds is 9. The highest BCUT2D eigenvalue weighted by Crippen LogP contribution is 2.26. The first kappa shape index (κ1) is 21.9. The number of ether oxygens (including phenoxy) is 1. The first-order valence-corrected chi connectivity index (χ1v) is 10.8. The Morgan fingerprint density at radius 1 is 1.30 bits per heavy atom. The molecule has 156 valence electrons. The van der Waals surface area contributed by atoms with Crippen LogP contribution in [0.1, 0.15) is 24.4 Å². The van der Waals surface area contributed by atoms with Crippen LogP contribution in [0.15, 0.2) is 66.3 Å². The van der Waals surface area contributed by atoms with Gasteiger partial charge in [0.2, 0.25) is 5.91 Å². The molecule has 3 rings (SSSR count). The molecule has 3 aromatic rings. The van der Waals surface area contributed by atoms with Crippen molar-refractivity contribution in [1.29, 1.82) is 0 Å². The van der Waals surface area contributed by atoms with Gasteiger partial charge in [0.15, 0.2) is 17.1 Å². The first-order chi connectivity index (χ1) is 14.5. The minimum absolute atomic E-state index is 0.108. The lowest BCUT2D eigenvalue weighted by Crippen LogP contribution is -2.15. The molecule has 30 heavy (non-hydrogen) atoms. The van der Waals surface area contributed by atoms with Gasteiger partial charge in [0.1, 0.15) is 5.75 Å². The van der Waals surface area contributed by atoms with Crippen molar-refractivity contribution >= 4 is 35.0 Å². The fourth-order valence-electron chi connectivity index (χ4n) is 2.86. The SMILES string of the molecule is C=CCn1c(SCC(=O)Nc2cccc(C)c2)nnc1C(C)Oc1cccc(Cl)c1. The van der Waals surface area contributed by atoms with Gasteiger partial charge in [-0.25, -0.2) is 0 Å². The smallest absolute Gasteiger partial charge is 0.234 e. The second-order valence-corrected chi connectivity index (χ2v) is 8.04. The maximum Gasteiger partial charge on any atom is 0.234 e. The van der Waals surface area contributed by atoms with E-state index in [4.69, 9.17) is 16.3 Å². The van der Waals surface area contributed by atoms with Crippen LogP contribution in [0.25, 0.3) is 0 Å². The number of thioether (sulfide) groups is 1. The molecule has 0 fully saturated rings. The Balaban J connectivity index is 1.67. The number of amides is 1. The number of allylic oxidation sites excluding steroid dienone is 1. The van der Waals surface area contributed by atoms with Crippen LogP contribution < -0.4 is 10.1 Å². The number of nitrogens with one attached hydrogen (secondary N) is 1. The lowest BCUT2D eigenvalue weighted by molar-refractivity contribution is -0.113. The number of halogens is 1. The molecule has 0 radical (unpaired) electrons. The Morgan fingerprint density at radius 3 is 2.83 bits per heavy atom. The van der Waals surface area contributed by atoms with Gasteiger partial charge in [-0.05, 0) is 49.7 Å². The molecule has 0 saturated carbocycles. The van der Waals surface area contributed by atoms with Crippen LogP contribution in [-0.2, 0) is 11.3 Å². The van der Waals surface area contributed by atoms with Crippen molar-refractivity contribution in [3.8, 4) is 5.75 Å². The number of hydrogen-bond acceptors (Lipinski definition) is 5. The summed E-state index contributed by atoms with van der Waals surface area (Å²) in [6.07, 6.45) is 1.40. The largest absolute Gasteiger partial charge is 0.483 e. The van der Waals surface area contributed by atoms with E-state index in [-0.39, 0.29) is 17.8 Å². The predicted octanol–water partition coefficient (Wildman–Crippen LogP) is 5.30. The van der Waals surface area contributed by atoms with E-state index in [0.717, 1.165) is 11.3 Å². The van der Waals surface area contributed by atoms with Crippen LogP contribution in [0, 0.1) is 6.92 Å². The molecule has 1 amide bonds. The highest BCUT2D eigenvalue weighted by atomic mass is 35.5. The topological polar surface area (TPSA) is 69.0 Å². The molecule has 1 atom stereocenters. The Kier molecular flexibility index (Phi) is 7.54. The van der Waals surface area contributed by atoms with E-state index >= 15 is 0 Å². The standard InChI is InChI=1S/C22H23ClN4O2S/c1-4-11-27-21(16(3)29-19-10-6-8-17(23)13-19)25-26-22(27)30-14-20(28)24-18-9-5-7-15(2)12-18/h4-10,12-13,16H,1,11,14H2,2-3H3,(H,24,28). The van der Waals surface area contributed by atoms with Crippen LogP contribution in [-0.4, -0.2) is 26.4 Å². The number of carbonyl (C=O) groups is 1. The second kappa shape index (κ2) is 10.3. The molecular weight excluding hydrogens is 420 g/mol. The number of aryl methyl sites for hydroxylation is 1. The minimum Gasteiger partial charge on any atom is -0.483 e. The molecule has 8 heteroatoms. The average Bonchev–Trinajstić information content (AvgIpc) is 3.09. The van der Waals surface area contributed by atoms with Gasteiger partial charge < -0.3 is 10.1 Å². The molecule has 2 aromatic carbocycles. The molecule has 1 aromatic heterocycles. The van der Waals surface area contributed by atoms with E-state index in [2.05, 4.69) is 22.1 Å². The van der Waals surface area contributed by atoms with E-state index in [1.165, 1.54) is 11.8 Å². The zero-order valence-corrected chi connectivity index (χ0v) is 18.4. The van der Waals surface area contributed by atoms with Crippen LogP contribution >= 0.6 is 23.4 Å². The van der Waals surface area contributed by atoms with Crippen molar-refractivity contribution in [3.63, 3.8) is 0 Å². The fourth-order valence-corrected chi connectivity index (χ4v) is 3.79. The van der Waals surface area contributed by atoms with E-state index < -0.39 is 0 Å². The summed E-state index contributed by atoms with van der Waals surface area (Å²) >= 11 is 7.35. The number of anilines is 1. The predicted molar refractivity (Wildman–Crippen MR) is 121 cm³/mol. The second-order valence-electron chi connectivity index (χ2n) is 6.66. The van der Waals surface area contributed by atoms with Gasteiger partial charge in [-0.15, -0.1) is 16.8 Å². The molecule has 0 spiro atoms. The van der Waals surface area contributed by atoms with Gasteiger partial charge in [0.25, 0.3) is 0 Å². The number of nitrogens with zero attached hydrogens (tertiary/aromatic N) is 3. The summed E-state index contributed by atoms with van der Waals surface area (Å²) in [6.45, 7) is 8.19. The number of aromatic nitrogens is 3. The Hall–Kier alpha value is -2.77. The van der Waals surface area contributed by atoms with Crippen molar-refractivity contribution in [3.05, 3.63) is 77.6 Å². The van der Waals surface area contributed by atoms with Crippen LogP contribution in [0.2, 0.25) is 5.02 Å². The Morgan fingerprint density at radius 2 is 2.10 bits per heavy atom. The molecule has 0 bridgehead atoms. The average molecular weight is 443 g/mol. The van der Waals surface area contributed by atoms with Crippen molar-refractivity contribution in [2.24, 2.45) is 0 Å². The molecule has 0 aliphatic heterocycles. The molecule has 1 unspecified atom stereocenters. The van der Waals surface area contributed by atoms with Gasteiger partial charge in [0.05, 0.1) is 5.75 Å². The van der Waals surface area contributed by atoms with Gasteiger partial charge in [-0.1, -0.05) is 47.6 Å². The monoisotopic (exact) mass is 442 g/mol. The lowest BCUT2D eigenvalue weighted by atomic mass is 10.2. The van der Waals surface area contributed by atoms with E-state index in [1.807, 2.05) is 54.8 Å². The third kappa shape index (κ3) is 5.87. The van der Waals surface area contributed by atoms with Crippen molar-refractivity contribution in [2.45, 2.75) is 31.7 Å². The molecule has 1 N–H and O–H groups in total. The molecular formula is C22H23ClN4O2S. The molecule has 6 nitrogen and oxygen atoms in total. The minimum atomic E-state index is -0.355. The van der Waals surface area contributed by atoms with Crippen molar-refractivity contribution in [2.75, 3.05) is 11.1 Å². The van der Waals surface area contributed by atoms with E-state index in [0.29, 0.717) is 28.3 Å². The summed E-state index contributed by atoms with van der Waals surface area (Å²) in [4.78, 5) is 12.3. The third-order valence-electron chi connectivity index (χ3n) is 4.16. The normalized spacial score (nSPS) is 11.7. The Labute approximate surface area is 185 Å². The third-order valence-corrected chi connectivity index (χ3v) is 5.37. The van der Waals surface area contributed by atoms with Gasteiger partial charge in [-0.2, -0.15) is 0 Å². The van der Waals surface area contributed by atoms with E-state index in [9.17, 15) is 4.79 Å². The summed E-state index contributed by atoms with van der Waals surface area (Å²) in [5.74, 6) is 1.40. The lowest BCUT2D eigenvalue weighted by Gasteiger charge is -2.16. The maximum atomic E-state index is 12.3. The summed E-state index contributed by atoms with van der Waals surface area (Å²) in [6, 6.07) is 14.9. The van der Waals surface area contributed by atoms with Crippen LogP contribution in [0.4, 0.5) is 5.69 Å². The summed E-state index contributed by atoms with van der Waals surface area (Å²) in [7, 11) is 0. The first-order valence-electron chi connectivity index (χ1n) is 9.42. The highest BCUT2D eigenvalue weighted by molar-refractivity contribution is 7.99. The maximum absolute atomic E-state index is 12.3.